The Morgan fingerprint density at radius 2 is 2.44 bits per heavy atom. The Balaban J connectivity index is 2.10. The van der Waals surface area contributed by atoms with Crippen molar-refractivity contribution in [1.82, 2.24) is 15.1 Å². The molecule has 0 amide bonds. The molecule has 0 atom stereocenters. The van der Waals surface area contributed by atoms with Crippen LogP contribution in [0.3, 0.4) is 0 Å². The molecule has 0 spiro atoms. The SMILES string of the molecule is Cc1cc(CNc2nc[nH]c(=O)c2I)no1. The molecule has 0 aliphatic rings. The number of nitrogens with zero attached hydrogens (tertiary/aromatic N) is 2. The van der Waals surface area contributed by atoms with Crippen molar-refractivity contribution in [2.75, 3.05) is 5.32 Å². The minimum atomic E-state index is -0.158. The van der Waals surface area contributed by atoms with Crippen LogP contribution in [0.25, 0.3) is 0 Å². The number of hydrogen-bond donors (Lipinski definition) is 2. The first-order chi connectivity index (χ1) is 7.66. The molecule has 16 heavy (non-hydrogen) atoms. The first kappa shape index (κ1) is 11.1. The van der Waals surface area contributed by atoms with Crippen LogP contribution in [0.15, 0.2) is 21.7 Å². The Hall–Kier alpha value is -1.38. The van der Waals surface area contributed by atoms with Gasteiger partial charge < -0.3 is 14.8 Å². The Kier molecular flexibility index (Phi) is 3.22. The maximum Gasteiger partial charge on any atom is 0.266 e. The molecular formula is C9H9IN4O2. The van der Waals surface area contributed by atoms with Gasteiger partial charge >= 0.3 is 0 Å². The average molecular weight is 332 g/mol. The van der Waals surface area contributed by atoms with Gasteiger partial charge in [-0.05, 0) is 29.5 Å². The van der Waals surface area contributed by atoms with Gasteiger partial charge in [0.2, 0.25) is 0 Å². The monoisotopic (exact) mass is 332 g/mol. The smallest absolute Gasteiger partial charge is 0.266 e. The molecule has 0 bridgehead atoms. The quantitative estimate of drug-likeness (QED) is 0.828. The van der Waals surface area contributed by atoms with Crippen molar-refractivity contribution in [1.29, 1.82) is 0 Å². The van der Waals surface area contributed by atoms with Crippen molar-refractivity contribution in [3.63, 3.8) is 0 Å². The number of hydrogen-bond acceptors (Lipinski definition) is 5. The maximum absolute atomic E-state index is 11.3. The summed E-state index contributed by atoms with van der Waals surface area (Å²) in [5.41, 5.74) is 0.616. The molecule has 0 unspecified atom stereocenters. The predicted octanol–water partition coefficient (Wildman–Crippen LogP) is 1.28. The summed E-state index contributed by atoms with van der Waals surface area (Å²) >= 11 is 1.94. The average Bonchev–Trinajstić information content (AvgIpc) is 2.67. The van der Waals surface area contributed by atoms with E-state index in [1.807, 2.05) is 35.6 Å². The summed E-state index contributed by atoms with van der Waals surface area (Å²) in [7, 11) is 0. The zero-order valence-electron chi connectivity index (χ0n) is 8.45. The molecule has 0 fully saturated rings. The fraction of sp³-hybridized carbons (Fsp3) is 0.222. The number of aromatic amines is 1. The minimum Gasteiger partial charge on any atom is -0.363 e. The van der Waals surface area contributed by atoms with Gasteiger partial charge in [-0.3, -0.25) is 4.79 Å². The third-order valence-electron chi connectivity index (χ3n) is 1.91. The van der Waals surface area contributed by atoms with E-state index < -0.39 is 0 Å². The normalized spacial score (nSPS) is 10.4. The minimum absolute atomic E-state index is 0.158. The number of nitrogens with one attached hydrogen (secondary N) is 2. The molecule has 0 aliphatic heterocycles. The number of anilines is 1. The van der Waals surface area contributed by atoms with Gasteiger partial charge in [0.15, 0.2) is 0 Å². The van der Waals surface area contributed by atoms with Gasteiger partial charge in [-0.15, -0.1) is 0 Å². The first-order valence-electron chi connectivity index (χ1n) is 4.56. The van der Waals surface area contributed by atoms with Crippen LogP contribution >= 0.6 is 22.6 Å². The van der Waals surface area contributed by atoms with Crippen LogP contribution in [0.4, 0.5) is 5.82 Å². The van der Waals surface area contributed by atoms with Gasteiger partial charge in [-0.2, -0.15) is 0 Å². The van der Waals surface area contributed by atoms with Gasteiger partial charge in [-0.1, -0.05) is 5.16 Å². The van der Waals surface area contributed by atoms with Crippen LogP contribution in [0.5, 0.6) is 0 Å². The van der Waals surface area contributed by atoms with Gasteiger partial charge in [-0.25, -0.2) is 4.98 Å². The van der Waals surface area contributed by atoms with Crippen LogP contribution in [-0.4, -0.2) is 15.1 Å². The summed E-state index contributed by atoms with van der Waals surface area (Å²) in [6.07, 6.45) is 1.36. The fourth-order valence-electron chi connectivity index (χ4n) is 1.18. The first-order valence-corrected chi connectivity index (χ1v) is 5.64. The lowest BCUT2D eigenvalue weighted by Gasteiger charge is -2.03. The Labute approximate surface area is 105 Å². The molecule has 0 aromatic carbocycles. The van der Waals surface area contributed by atoms with Crippen LogP contribution in [0.1, 0.15) is 11.5 Å². The summed E-state index contributed by atoms with van der Waals surface area (Å²) in [6.45, 7) is 2.30. The van der Waals surface area contributed by atoms with E-state index in [1.54, 1.807) is 0 Å². The highest BCUT2D eigenvalue weighted by Gasteiger charge is 2.06. The number of H-pyrrole nitrogens is 1. The number of halogens is 1. The van der Waals surface area contributed by atoms with Crippen LogP contribution in [0.2, 0.25) is 0 Å². The lowest BCUT2D eigenvalue weighted by molar-refractivity contribution is 0.391. The molecule has 2 heterocycles. The summed E-state index contributed by atoms with van der Waals surface area (Å²) < 4.78 is 5.45. The standard InChI is InChI=1S/C9H9IN4O2/c1-5-2-6(14-16-5)3-11-8-7(10)9(15)13-4-12-8/h2,4H,3H2,1H3,(H2,11,12,13,15). The molecule has 0 radical (unpaired) electrons. The number of rotatable bonds is 3. The van der Waals surface area contributed by atoms with Crippen molar-refractivity contribution in [3.05, 3.63) is 37.8 Å². The predicted molar refractivity (Wildman–Crippen MR) is 66.1 cm³/mol. The van der Waals surface area contributed by atoms with Crippen molar-refractivity contribution in [3.8, 4) is 0 Å². The fourth-order valence-corrected chi connectivity index (χ4v) is 1.67. The summed E-state index contributed by atoms with van der Waals surface area (Å²) in [4.78, 5) is 17.8. The molecule has 0 aliphatic carbocycles. The Morgan fingerprint density at radius 1 is 1.62 bits per heavy atom. The van der Waals surface area contributed by atoms with E-state index in [0.717, 1.165) is 11.5 Å². The van der Waals surface area contributed by atoms with E-state index in [-0.39, 0.29) is 5.56 Å². The van der Waals surface area contributed by atoms with Crippen LogP contribution in [0, 0.1) is 10.5 Å². The van der Waals surface area contributed by atoms with Crippen LogP contribution < -0.4 is 10.9 Å². The molecular weight excluding hydrogens is 323 g/mol. The summed E-state index contributed by atoms with van der Waals surface area (Å²) in [5, 5.41) is 6.85. The van der Waals surface area contributed by atoms with E-state index in [0.29, 0.717) is 15.9 Å². The van der Waals surface area contributed by atoms with E-state index in [2.05, 4.69) is 20.4 Å². The molecule has 84 valence electrons. The van der Waals surface area contributed by atoms with Crippen molar-refractivity contribution < 1.29 is 4.52 Å². The highest BCUT2D eigenvalue weighted by atomic mass is 127. The molecule has 0 saturated carbocycles. The largest absolute Gasteiger partial charge is 0.363 e. The van der Waals surface area contributed by atoms with E-state index in [1.165, 1.54) is 6.33 Å². The highest BCUT2D eigenvalue weighted by molar-refractivity contribution is 14.1. The Morgan fingerprint density at radius 3 is 3.12 bits per heavy atom. The van der Waals surface area contributed by atoms with Crippen molar-refractivity contribution >= 4 is 28.4 Å². The Bertz CT molecular complexity index is 548. The third kappa shape index (κ3) is 2.40. The second-order valence-corrected chi connectivity index (χ2v) is 4.26. The summed E-state index contributed by atoms with van der Waals surface area (Å²) in [6, 6.07) is 1.83. The topological polar surface area (TPSA) is 83.8 Å². The highest BCUT2D eigenvalue weighted by Crippen LogP contribution is 2.10. The second kappa shape index (κ2) is 4.64. The van der Waals surface area contributed by atoms with Gasteiger partial charge in [0.1, 0.15) is 20.8 Å². The zero-order valence-corrected chi connectivity index (χ0v) is 10.6. The lowest BCUT2D eigenvalue weighted by Crippen LogP contribution is -2.14. The third-order valence-corrected chi connectivity index (χ3v) is 2.91. The second-order valence-electron chi connectivity index (χ2n) is 3.18. The maximum atomic E-state index is 11.3. The lowest BCUT2D eigenvalue weighted by atomic mass is 10.4. The van der Waals surface area contributed by atoms with E-state index in [9.17, 15) is 4.79 Å². The molecule has 0 saturated heterocycles. The van der Waals surface area contributed by atoms with E-state index in [4.69, 9.17) is 4.52 Å². The molecule has 2 N–H and O–H groups in total. The molecule has 7 heteroatoms. The summed E-state index contributed by atoms with van der Waals surface area (Å²) in [5.74, 6) is 1.30. The molecule has 2 rings (SSSR count). The number of aromatic nitrogens is 3. The molecule has 6 nitrogen and oxygen atoms in total. The zero-order chi connectivity index (χ0) is 11.5. The molecule has 2 aromatic heterocycles. The number of aryl methyl sites for hydroxylation is 1. The van der Waals surface area contributed by atoms with Crippen LogP contribution in [-0.2, 0) is 6.54 Å². The van der Waals surface area contributed by atoms with Gasteiger partial charge in [0, 0.05) is 6.07 Å². The van der Waals surface area contributed by atoms with Gasteiger partial charge in [0.05, 0.1) is 12.9 Å². The molecule has 2 aromatic rings. The van der Waals surface area contributed by atoms with Crippen molar-refractivity contribution in [2.45, 2.75) is 13.5 Å². The van der Waals surface area contributed by atoms with Gasteiger partial charge in [0.25, 0.3) is 5.56 Å². The van der Waals surface area contributed by atoms with Crippen molar-refractivity contribution in [2.24, 2.45) is 0 Å². The van der Waals surface area contributed by atoms with E-state index >= 15 is 0 Å².